The minimum atomic E-state index is 0.00716. The molecule has 0 radical (unpaired) electrons. The van der Waals surface area contributed by atoms with E-state index in [1.807, 2.05) is 41.9 Å². The molecule has 2 aromatic rings. The van der Waals surface area contributed by atoms with Gasteiger partial charge < -0.3 is 15.2 Å². The molecule has 3 rings (SSSR count). The summed E-state index contributed by atoms with van der Waals surface area (Å²) in [6.45, 7) is 2.59. The Bertz CT molecular complexity index is 667. The number of benzene rings is 1. The van der Waals surface area contributed by atoms with Gasteiger partial charge in [0, 0.05) is 26.1 Å². The van der Waals surface area contributed by atoms with Crippen molar-refractivity contribution in [1.29, 1.82) is 0 Å². The van der Waals surface area contributed by atoms with Crippen LogP contribution in [0.15, 0.2) is 35.5 Å². The first kappa shape index (κ1) is 17.0. The van der Waals surface area contributed by atoms with Crippen LogP contribution in [0.4, 0.5) is 0 Å². The quantitative estimate of drug-likeness (QED) is 0.780. The van der Waals surface area contributed by atoms with Gasteiger partial charge in [-0.3, -0.25) is 4.79 Å². The molecular formula is C17H23N5OS. The molecule has 128 valence electrons. The van der Waals surface area contributed by atoms with Crippen LogP contribution >= 0.6 is 11.8 Å². The number of carbonyl (C=O) groups excluding carboxylic acids is 1. The molecule has 2 heterocycles. The fraction of sp³-hybridized carbons (Fsp3) is 0.471. The van der Waals surface area contributed by atoms with Crippen molar-refractivity contribution in [3.8, 4) is 0 Å². The number of thioether (sulfide) groups is 1. The summed E-state index contributed by atoms with van der Waals surface area (Å²) in [5, 5.41) is 15.7. The predicted octanol–water partition coefficient (Wildman–Crippen LogP) is 1.69. The van der Waals surface area contributed by atoms with E-state index in [0.29, 0.717) is 18.2 Å². The third kappa shape index (κ3) is 4.36. The average Bonchev–Trinajstić information content (AvgIpc) is 3.00. The second kappa shape index (κ2) is 8.30. The van der Waals surface area contributed by atoms with Crippen LogP contribution < -0.4 is 10.6 Å². The summed E-state index contributed by atoms with van der Waals surface area (Å²) in [4.78, 5) is 12.0. The number of hydrogen-bond acceptors (Lipinski definition) is 5. The van der Waals surface area contributed by atoms with Crippen molar-refractivity contribution < 1.29 is 4.79 Å². The Balaban J connectivity index is 1.49. The predicted molar refractivity (Wildman–Crippen MR) is 94.9 cm³/mol. The van der Waals surface area contributed by atoms with Crippen LogP contribution in [0.3, 0.4) is 0 Å². The number of amides is 1. The highest BCUT2D eigenvalue weighted by Gasteiger charge is 2.21. The largest absolute Gasteiger partial charge is 0.351 e. The molecule has 24 heavy (non-hydrogen) atoms. The van der Waals surface area contributed by atoms with Gasteiger partial charge in [-0.15, -0.1) is 10.2 Å². The highest BCUT2D eigenvalue weighted by molar-refractivity contribution is 7.99. The molecule has 0 bridgehead atoms. The lowest BCUT2D eigenvalue weighted by molar-refractivity contribution is -0.118. The molecule has 7 heteroatoms. The van der Waals surface area contributed by atoms with Crippen molar-refractivity contribution >= 4 is 17.7 Å². The molecule has 0 saturated carbocycles. The van der Waals surface area contributed by atoms with Gasteiger partial charge in [0.15, 0.2) is 5.16 Å². The lowest BCUT2D eigenvalue weighted by atomic mass is 9.99. The Labute approximate surface area is 146 Å². The van der Waals surface area contributed by atoms with Crippen LogP contribution in [0.25, 0.3) is 0 Å². The molecule has 1 aliphatic heterocycles. The molecule has 1 aromatic heterocycles. The zero-order valence-corrected chi connectivity index (χ0v) is 14.7. The van der Waals surface area contributed by atoms with Crippen LogP contribution in [0.1, 0.15) is 30.1 Å². The van der Waals surface area contributed by atoms with E-state index in [1.54, 1.807) is 0 Å². The minimum absolute atomic E-state index is 0.00716. The number of piperidine rings is 1. The van der Waals surface area contributed by atoms with Gasteiger partial charge in [-0.2, -0.15) is 0 Å². The van der Waals surface area contributed by atoms with Gasteiger partial charge in [0.25, 0.3) is 0 Å². The number of nitrogens with one attached hydrogen (secondary N) is 2. The standard InChI is InChI=1S/C17H23N5OS/c1-22-16(14-8-5-9-18-11-14)20-21-17(22)24-12-15(23)19-10-13-6-3-2-4-7-13/h2-4,6-7,14,18H,5,8-12H2,1H3,(H,19,23)/t14-/m1/s1. The molecular weight excluding hydrogens is 322 g/mol. The average molecular weight is 345 g/mol. The topological polar surface area (TPSA) is 71.8 Å². The van der Waals surface area contributed by atoms with E-state index < -0.39 is 0 Å². The number of rotatable bonds is 6. The summed E-state index contributed by atoms with van der Waals surface area (Å²) >= 11 is 1.43. The van der Waals surface area contributed by atoms with E-state index in [9.17, 15) is 4.79 Å². The van der Waals surface area contributed by atoms with Crippen LogP contribution in [-0.4, -0.2) is 39.5 Å². The van der Waals surface area contributed by atoms with Crippen molar-refractivity contribution in [2.45, 2.75) is 30.5 Å². The molecule has 1 atom stereocenters. The van der Waals surface area contributed by atoms with Crippen LogP contribution in [0, 0.1) is 0 Å². The number of carbonyl (C=O) groups is 1. The van der Waals surface area contributed by atoms with Crippen molar-refractivity contribution in [2.24, 2.45) is 7.05 Å². The summed E-state index contributed by atoms with van der Waals surface area (Å²) in [6.07, 6.45) is 2.31. The van der Waals surface area contributed by atoms with Crippen LogP contribution in [-0.2, 0) is 18.4 Å². The molecule has 1 saturated heterocycles. The van der Waals surface area contributed by atoms with Gasteiger partial charge in [-0.1, -0.05) is 42.1 Å². The summed E-state index contributed by atoms with van der Waals surface area (Å²) in [5.41, 5.74) is 1.10. The monoisotopic (exact) mass is 345 g/mol. The molecule has 0 unspecified atom stereocenters. The van der Waals surface area contributed by atoms with Gasteiger partial charge in [0.1, 0.15) is 5.82 Å². The summed E-state index contributed by atoms with van der Waals surface area (Å²) in [6, 6.07) is 9.91. The highest BCUT2D eigenvalue weighted by atomic mass is 32.2. The van der Waals surface area contributed by atoms with Crippen LogP contribution in [0.5, 0.6) is 0 Å². The molecule has 2 N–H and O–H groups in total. The second-order valence-electron chi connectivity index (χ2n) is 5.99. The van der Waals surface area contributed by atoms with Crippen molar-refractivity contribution in [3.63, 3.8) is 0 Å². The Hall–Kier alpha value is -1.86. The molecule has 0 aliphatic carbocycles. The Morgan fingerprint density at radius 2 is 2.21 bits per heavy atom. The van der Waals surface area contributed by atoms with Gasteiger partial charge in [0.2, 0.25) is 5.91 Å². The Morgan fingerprint density at radius 3 is 2.96 bits per heavy atom. The first-order valence-electron chi connectivity index (χ1n) is 8.27. The fourth-order valence-corrected chi connectivity index (χ4v) is 3.61. The highest BCUT2D eigenvalue weighted by Crippen LogP contribution is 2.24. The Morgan fingerprint density at radius 1 is 1.38 bits per heavy atom. The lowest BCUT2D eigenvalue weighted by Crippen LogP contribution is -2.29. The normalized spacial score (nSPS) is 17.6. The van der Waals surface area contributed by atoms with Gasteiger partial charge >= 0.3 is 0 Å². The first-order valence-corrected chi connectivity index (χ1v) is 9.26. The van der Waals surface area contributed by atoms with Gasteiger partial charge in [-0.25, -0.2) is 0 Å². The van der Waals surface area contributed by atoms with E-state index in [-0.39, 0.29) is 5.91 Å². The van der Waals surface area contributed by atoms with Crippen molar-refractivity contribution in [2.75, 3.05) is 18.8 Å². The smallest absolute Gasteiger partial charge is 0.230 e. The van der Waals surface area contributed by atoms with Gasteiger partial charge in [-0.05, 0) is 24.9 Å². The summed E-state index contributed by atoms with van der Waals surface area (Å²) < 4.78 is 2.02. The molecule has 1 fully saturated rings. The Kier molecular flexibility index (Phi) is 5.87. The maximum atomic E-state index is 12.0. The number of aromatic nitrogens is 3. The maximum absolute atomic E-state index is 12.0. The lowest BCUT2D eigenvalue weighted by Gasteiger charge is -2.21. The van der Waals surface area contributed by atoms with E-state index >= 15 is 0 Å². The zero-order valence-electron chi connectivity index (χ0n) is 13.9. The van der Waals surface area contributed by atoms with E-state index in [2.05, 4.69) is 20.8 Å². The maximum Gasteiger partial charge on any atom is 0.230 e. The van der Waals surface area contributed by atoms with E-state index in [4.69, 9.17) is 0 Å². The zero-order chi connectivity index (χ0) is 16.8. The van der Waals surface area contributed by atoms with Crippen LogP contribution in [0.2, 0.25) is 0 Å². The van der Waals surface area contributed by atoms with E-state index in [1.165, 1.54) is 18.2 Å². The number of nitrogens with zero attached hydrogens (tertiary/aromatic N) is 3. The first-order chi connectivity index (χ1) is 11.7. The summed E-state index contributed by atoms with van der Waals surface area (Å²) in [5.74, 6) is 1.78. The summed E-state index contributed by atoms with van der Waals surface area (Å²) in [7, 11) is 1.98. The molecule has 0 spiro atoms. The van der Waals surface area contributed by atoms with Crippen molar-refractivity contribution in [3.05, 3.63) is 41.7 Å². The van der Waals surface area contributed by atoms with Gasteiger partial charge in [0.05, 0.1) is 5.75 Å². The fourth-order valence-electron chi connectivity index (χ4n) is 2.86. The molecule has 1 aromatic carbocycles. The molecule has 1 aliphatic rings. The number of hydrogen-bond donors (Lipinski definition) is 2. The third-order valence-electron chi connectivity index (χ3n) is 4.20. The minimum Gasteiger partial charge on any atom is -0.351 e. The van der Waals surface area contributed by atoms with E-state index in [0.717, 1.165) is 36.1 Å². The SMILES string of the molecule is Cn1c(SCC(=O)NCc2ccccc2)nnc1[C@@H]1CCCNC1. The third-order valence-corrected chi connectivity index (χ3v) is 5.22. The molecule has 1 amide bonds. The molecule has 6 nitrogen and oxygen atoms in total. The van der Waals surface area contributed by atoms with Crippen molar-refractivity contribution in [1.82, 2.24) is 25.4 Å². The second-order valence-corrected chi connectivity index (χ2v) is 6.94.